The van der Waals surface area contributed by atoms with Gasteiger partial charge in [-0.2, -0.15) is 0 Å². The third-order valence-electron chi connectivity index (χ3n) is 7.90. The summed E-state index contributed by atoms with van der Waals surface area (Å²) in [6.07, 6.45) is 7.02. The molecular formula is C26H31NO5. The fraction of sp³-hybridized carbons (Fsp3) is 0.538. The van der Waals surface area contributed by atoms with Crippen molar-refractivity contribution in [3.8, 4) is 0 Å². The summed E-state index contributed by atoms with van der Waals surface area (Å²) in [7, 11) is 0. The van der Waals surface area contributed by atoms with Gasteiger partial charge in [-0.25, -0.2) is 4.79 Å². The number of amides is 1. The SMILES string of the molecule is Cc1coc2c(C)c3oc(=O)c(CCC(=O)N4CCC5(O)CCCCC5C4)c(C)c3cc12. The van der Waals surface area contributed by atoms with Crippen LogP contribution in [0.1, 0.15) is 60.8 Å². The normalized spacial score (nSPS) is 23.6. The third-order valence-corrected chi connectivity index (χ3v) is 7.90. The Kier molecular flexibility index (Phi) is 5.16. The van der Waals surface area contributed by atoms with Crippen molar-refractivity contribution in [3.63, 3.8) is 0 Å². The summed E-state index contributed by atoms with van der Waals surface area (Å²) in [6.45, 7) is 7.05. The number of aryl methyl sites for hydroxylation is 3. The highest BCUT2D eigenvalue weighted by atomic mass is 16.4. The lowest BCUT2D eigenvalue weighted by molar-refractivity contribution is -0.143. The van der Waals surface area contributed by atoms with E-state index < -0.39 is 5.60 Å². The minimum Gasteiger partial charge on any atom is -0.464 e. The number of aliphatic hydroxyl groups is 1. The van der Waals surface area contributed by atoms with Gasteiger partial charge in [-0.3, -0.25) is 4.79 Å². The fourth-order valence-corrected chi connectivity index (χ4v) is 5.80. The zero-order valence-corrected chi connectivity index (χ0v) is 19.1. The second-order valence-corrected chi connectivity index (χ2v) is 9.80. The molecule has 2 aromatic heterocycles. The Hall–Kier alpha value is -2.60. The first-order valence-electron chi connectivity index (χ1n) is 11.7. The van der Waals surface area contributed by atoms with Gasteiger partial charge in [0.15, 0.2) is 0 Å². The molecule has 1 amide bonds. The third kappa shape index (κ3) is 3.36. The number of fused-ring (bicyclic) bond motifs is 3. The maximum Gasteiger partial charge on any atom is 0.339 e. The zero-order valence-electron chi connectivity index (χ0n) is 19.1. The van der Waals surface area contributed by atoms with Gasteiger partial charge in [0.1, 0.15) is 11.2 Å². The number of hydrogen-bond donors (Lipinski definition) is 1. The van der Waals surface area contributed by atoms with Gasteiger partial charge in [-0.15, -0.1) is 0 Å². The van der Waals surface area contributed by atoms with Crippen LogP contribution in [0, 0.1) is 26.7 Å². The number of furan rings is 1. The van der Waals surface area contributed by atoms with Crippen molar-refractivity contribution in [2.75, 3.05) is 13.1 Å². The largest absolute Gasteiger partial charge is 0.464 e. The lowest BCUT2D eigenvalue weighted by Crippen LogP contribution is -2.54. The number of piperidine rings is 1. The van der Waals surface area contributed by atoms with Crippen LogP contribution in [-0.2, 0) is 11.2 Å². The Morgan fingerprint density at radius 1 is 1.16 bits per heavy atom. The zero-order chi connectivity index (χ0) is 22.6. The van der Waals surface area contributed by atoms with Crippen molar-refractivity contribution in [1.29, 1.82) is 0 Å². The molecular weight excluding hydrogens is 406 g/mol. The van der Waals surface area contributed by atoms with Gasteiger partial charge in [-0.1, -0.05) is 12.8 Å². The van der Waals surface area contributed by atoms with Crippen LogP contribution >= 0.6 is 0 Å². The van der Waals surface area contributed by atoms with Crippen LogP contribution in [-0.4, -0.2) is 34.6 Å². The highest BCUT2D eigenvalue weighted by Crippen LogP contribution is 2.40. The summed E-state index contributed by atoms with van der Waals surface area (Å²) < 4.78 is 11.4. The molecule has 0 radical (unpaired) electrons. The lowest BCUT2D eigenvalue weighted by atomic mass is 9.71. The van der Waals surface area contributed by atoms with E-state index in [4.69, 9.17) is 8.83 Å². The first-order chi connectivity index (χ1) is 15.3. The smallest absolute Gasteiger partial charge is 0.339 e. The molecule has 2 atom stereocenters. The molecule has 2 fully saturated rings. The molecule has 1 N–H and O–H groups in total. The van der Waals surface area contributed by atoms with E-state index in [1.54, 1.807) is 6.26 Å². The predicted molar refractivity (Wildman–Crippen MR) is 123 cm³/mol. The fourth-order valence-electron chi connectivity index (χ4n) is 5.80. The summed E-state index contributed by atoms with van der Waals surface area (Å²) in [5.41, 5.74) is 3.62. The summed E-state index contributed by atoms with van der Waals surface area (Å²) in [5.74, 6) is 0.221. The summed E-state index contributed by atoms with van der Waals surface area (Å²) in [4.78, 5) is 27.7. The van der Waals surface area contributed by atoms with Crippen LogP contribution in [0.15, 0.2) is 26.0 Å². The van der Waals surface area contributed by atoms with Crippen molar-refractivity contribution < 1.29 is 18.7 Å². The Morgan fingerprint density at radius 2 is 1.97 bits per heavy atom. The molecule has 5 rings (SSSR count). The highest BCUT2D eigenvalue weighted by Gasteiger charge is 2.43. The molecule has 1 aromatic carbocycles. The Labute approximate surface area is 187 Å². The molecule has 1 saturated heterocycles. The average Bonchev–Trinajstić information content (AvgIpc) is 3.14. The van der Waals surface area contributed by atoms with Gasteiger partial charge in [0.2, 0.25) is 5.91 Å². The molecule has 2 unspecified atom stereocenters. The Balaban J connectivity index is 1.38. The highest BCUT2D eigenvalue weighted by molar-refractivity contribution is 5.99. The van der Waals surface area contributed by atoms with E-state index in [9.17, 15) is 14.7 Å². The van der Waals surface area contributed by atoms with Crippen LogP contribution in [0.4, 0.5) is 0 Å². The van der Waals surface area contributed by atoms with Crippen LogP contribution in [0.25, 0.3) is 21.9 Å². The number of benzene rings is 1. The standard InChI is InChI=1S/C26H31NO5/c1-15-14-31-23-17(3)24-21(12-20(15)23)16(2)19(25(29)32-24)7-8-22(28)27-11-10-26(30)9-5-4-6-18(26)13-27/h12,14,18,30H,4-11,13H2,1-3H3. The van der Waals surface area contributed by atoms with E-state index in [2.05, 4.69) is 0 Å². The minimum absolute atomic E-state index is 0.0498. The van der Waals surface area contributed by atoms with Crippen molar-refractivity contribution in [1.82, 2.24) is 4.90 Å². The van der Waals surface area contributed by atoms with E-state index in [-0.39, 0.29) is 23.9 Å². The van der Waals surface area contributed by atoms with E-state index in [1.165, 1.54) is 0 Å². The van der Waals surface area contributed by atoms with Gasteiger partial charge in [0.25, 0.3) is 0 Å². The predicted octanol–water partition coefficient (Wildman–Crippen LogP) is 4.55. The second-order valence-electron chi connectivity index (χ2n) is 9.80. The molecule has 32 heavy (non-hydrogen) atoms. The van der Waals surface area contributed by atoms with E-state index in [0.717, 1.165) is 58.7 Å². The topological polar surface area (TPSA) is 83.9 Å². The van der Waals surface area contributed by atoms with Crippen LogP contribution in [0.2, 0.25) is 0 Å². The van der Waals surface area contributed by atoms with Gasteiger partial charge in [-0.05, 0) is 63.6 Å². The first-order valence-corrected chi connectivity index (χ1v) is 11.7. The number of carbonyl (C=O) groups is 1. The molecule has 1 aliphatic carbocycles. The molecule has 0 spiro atoms. The second kappa shape index (κ2) is 7.77. The number of nitrogens with zero attached hydrogens (tertiary/aromatic N) is 1. The molecule has 1 saturated carbocycles. The summed E-state index contributed by atoms with van der Waals surface area (Å²) in [5, 5.41) is 12.8. The van der Waals surface area contributed by atoms with E-state index in [0.29, 0.717) is 37.1 Å². The number of rotatable bonds is 3. The maximum atomic E-state index is 13.0. The van der Waals surface area contributed by atoms with Gasteiger partial charge in [0.05, 0.1) is 11.9 Å². The lowest BCUT2D eigenvalue weighted by Gasteiger charge is -2.47. The van der Waals surface area contributed by atoms with Gasteiger partial charge in [0, 0.05) is 47.3 Å². The molecule has 6 nitrogen and oxygen atoms in total. The Morgan fingerprint density at radius 3 is 2.78 bits per heavy atom. The van der Waals surface area contributed by atoms with Crippen LogP contribution in [0.5, 0.6) is 0 Å². The first kappa shape index (κ1) is 21.3. The molecule has 0 bridgehead atoms. The molecule has 3 heterocycles. The average molecular weight is 438 g/mol. The maximum absolute atomic E-state index is 13.0. The molecule has 1 aliphatic heterocycles. The van der Waals surface area contributed by atoms with Crippen LogP contribution in [0.3, 0.4) is 0 Å². The van der Waals surface area contributed by atoms with Crippen LogP contribution < -0.4 is 5.63 Å². The number of carbonyl (C=O) groups excluding carboxylic acids is 1. The van der Waals surface area contributed by atoms with E-state index in [1.807, 2.05) is 31.7 Å². The van der Waals surface area contributed by atoms with Gasteiger partial charge < -0.3 is 18.8 Å². The monoisotopic (exact) mass is 437 g/mol. The van der Waals surface area contributed by atoms with Crippen molar-refractivity contribution in [2.45, 2.75) is 71.3 Å². The van der Waals surface area contributed by atoms with Crippen molar-refractivity contribution in [3.05, 3.63) is 45.0 Å². The minimum atomic E-state index is -0.598. The molecule has 170 valence electrons. The quantitative estimate of drug-likeness (QED) is 0.608. The number of likely N-dealkylation sites (tertiary alicyclic amines) is 1. The Bertz CT molecular complexity index is 1270. The molecule has 2 aliphatic rings. The van der Waals surface area contributed by atoms with Gasteiger partial charge >= 0.3 is 5.63 Å². The summed E-state index contributed by atoms with van der Waals surface area (Å²) >= 11 is 0. The number of hydrogen-bond acceptors (Lipinski definition) is 5. The molecule has 3 aromatic rings. The van der Waals surface area contributed by atoms with E-state index >= 15 is 0 Å². The van der Waals surface area contributed by atoms with Crippen molar-refractivity contribution in [2.24, 2.45) is 5.92 Å². The molecule has 6 heteroatoms. The summed E-state index contributed by atoms with van der Waals surface area (Å²) in [6, 6.07) is 2.02. The van der Waals surface area contributed by atoms with Crippen molar-refractivity contribution >= 4 is 27.8 Å².